The minimum atomic E-state index is -0.150. The lowest BCUT2D eigenvalue weighted by molar-refractivity contribution is -0.0707. The van der Waals surface area contributed by atoms with Gasteiger partial charge in [0.25, 0.3) is 5.91 Å². The fraction of sp³-hybridized carbons (Fsp3) is 0.524. The molecule has 2 fully saturated rings. The van der Waals surface area contributed by atoms with E-state index in [4.69, 9.17) is 9.47 Å². The Balaban J connectivity index is 1.29. The van der Waals surface area contributed by atoms with Crippen LogP contribution in [0, 0.1) is 5.92 Å². The van der Waals surface area contributed by atoms with E-state index in [1.165, 1.54) is 24.2 Å². The number of hydrogen-bond acceptors (Lipinski definition) is 6. The number of aromatic nitrogens is 1. The number of hydrogen-bond donors (Lipinski definition) is 1. The number of rotatable bonds is 7. The number of ether oxygens (including phenoxy) is 2. The van der Waals surface area contributed by atoms with Crippen molar-refractivity contribution in [1.82, 2.24) is 9.88 Å². The molecule has 28 heavy (non-hydrogen) atoms. The van der Waals surface area contributed by atoms with Crippen LogP contribution in [0.5, 0.6) is 5.75 Å². The van der Waals surface area contributed by atoms with E-state index < -0.39 is 0 Å². The first kappa shape index (κ1) is 19.4. The van der Waals surface area contributed by atoms with Gasteiger partial charge in [-0.3, -0.25) is 15.0 Å². The van der Waals surface area contributed by atoms with Crippen LogP contribution in [0.3, 0.4) is 0 Å². The maximum atomic E-state index is 12.5. The quantitative estimate of drug-likeness (QED) is 0.765. The average molecular weight is 402 g/mol. The smallest absolute Gasteiger partial charge is 0.257 e. The van der Waals surface area contributed by atoms with Gasteiger partial charge in [0.2, 0.25) is 0 Å². The molecule has 4 rings (SSSR count). The van der Waals surface area contributed by atoms with Crippen LogP contribution in [0.15, 0.2) is 29.6 Å². The average Bonchev–Trinajstić information content (AvgIpc) is 3.39. The highest BCUT2D eigenvalue weighted by atomic mass is 32.1. The molecule has 7 heteroatoms. The van der Waals surface area contributed by atoms with Crippen molar-refractivity contribution in [2.75, 3.05) is 25.0 Å². The number of nitrogens with one attached hydrogen (secondary N) is 1. The van der Waals surface area contributed by atoms with Gasteiger partial charge in [-0.1, -0.05) is 0 Å². The first-order valence-corrected chi connectivity index (χ1v) is 10.8. The third kappa shape index (κ3) is 5.31. The van der Waals surface area contributed by atoms with Crippen LogP contribution in [-0.2, 0) is 11.3 Å². The molecule has 150 valence electrons. The zero-order valence-corrected chi connectivity index (χ0v) is 17.2. The van der Waals surface area contributed by atoms with Gasteiger partial charge in [0.1, 0.15) is 5.75 Å². The predicted molar refractivity (Wildman–Crippen MR) is 110 cm³/mol. The van der Waals surface area contributed by atoms with Crippen molar-refractivity contribution in [1.29, 1.82) is 0 Å². The number of carbonyl (C=O) groups excluding carboxylic acids is 1. The molecule has 1 aliphatic carbocycles. The van der Waals surface area contributed by atoms with Crippen molar-refractivity contribution in [3.05, 3.63) is 40.9 Å². The van der Waals surface area contributed by atoms with E-state index in [0.717, 1.165) is 37.7 Å². The molecule has 0 spiro atoms. The zero-order chi connectivity index (χ0) is 19.5. The molecule has 1 saturated carbocycles. The summed E-state index contributed by atoms with van der Waals surface area (Å²) in [5, 5.41) is 5.53. The summed E-state index contributed by atoms with van der Waals surface area (Å²) in [6, 6.07) is 7.29. The Morgan fingerprint density at radius 2 is 1.96 bits per heavy atom. The summed E-state index contributed by atoms with van der Waals surface area (Å²) >= 11 is 1.46. The molecule has 1 aromatic heterocycles. The number of nitrogens with zero attached hydrogens (tertiary/aromatic N) is 2. The standard InChI is InChI=1S/C21H27N3O3S/c1-14-9-24(10-15(2)27-14)11-18-13-28-21(22-18)23-20(25)17-5-7-19(8-6-17)26-12-16-3-4-16/h5-8,13-16H,3-4,9-12H2,1-2H3,(H,22,23,25). The van der Waals surface area contributed by atoms with Crippen molar-refractivity contribution >= 4 is 22.4 Å². The van der Waals surface area contributed by atoms with Gasteiger partial charge in [-0.25, -0.2) is 4.98 Å². The third-order valence-electron chi connectivity index (χ3n) is 4.95. The van der Waals surface area contributed by atoms with E-state index in [-0.39, 0.29) is 18.1 Å². The lowest BCUT2D eigenvalue weighted by Gasteiger charge is -2.34. The third-order valence-corrected chi connectivity index (χ3v) is 5.76. The number of carbonyl (C=O) groups is 1. The van der Waals surface area contributed by atoms with Gasteiger partial charge >= 0.3 is 0 Å². The van der Waals surface area contributed by atoms with E-state index in [1.807, 2.05) is 17.5 Å². The first-order chi connectivity index (χ1) is 13.5. The summed E-state index contributed by atoms with van der Waals surface area (Å²) in [5.74, 6) is 1.38. The molecule has 2 aromatic rings. The number of morpholine rings is 1. The highest BCUT2D eigenvalue weighted by molar-refractivity contribution is 7.13. The molecule has 0 bridgehead atoms. The normalized spacial score (nSPS) is 22.8. The van der Waals surface area contributed by atoms with Gasteiger partial charge in [0.05, 0.1) is 24.5 Å². The lowest BCUT2D eigenvalue weighted by Crippen LogP contribution is -2.44. The van der Waals surface area contributed by atoms with E-state index >= 15 is 0 Å². The Bertz CT molecular complexity index is 793. The minimum Gasteiger partial charge on any atom is -0.493 e. The monoisotopic (exact) mass is 401 g/mol. The Morgan fingerprint density at radius 1 is 1.25 bits per heavy atom. The molecule has 2 heterocycles. The van der Waals surface area contributed by atoms with Crippen molar-refractivity contribution in [2.24, 2.45) is 5.92 Å². The van der Waals surface area contributed by atoms with E-state index in [0.29, 0.717) is 16.6 Å². The van der Waals surface area contributed by atoms with E-state index in [2.05, 4.69) is 29.0 Å². The van der Waals surface area contributed by atoms with E-state index in [1.54, 1.807) is 12.1 Å². The van der Waals surface area contributed by atoms with Crippen LogP contribution < -0.4 is 10.1 Å². The van der Waals surface area contributed by atoms with E-state index in [9.17, 15) is 4.79 Å². The largest absolute Gasteiger partial charge is 0.493 e. The van der Waals surface area contributed by atoms with Gasteiger partial charge in [-0.05, 0) is 56.9 Å². The Hall–Kier alpha value is -1.96. The number of benzene rings is 1. The molecule has 1 saturated heterocycles. The summed E-state index contributed by atoms with van der Waals surface area (Å²) in [5.41, 5.74) is 1.58. The zero-order valence-electron chi connectivity index (χ0n) is 16.4. The molecule has 0 radical (unpaired) electrons. The van der Waals surface area contributed by atoms with Gasteiger partial charge in [-0.2, -0.15) is 0 Å². The van der Waals surface area contributed by atoms with Gasteiger partial charge in [0.15, 0.2) is 5.13 Å². The van der Waals surface area contributed by atoms with Crippen LogP contribution in [-0.4, -0.2) is 47.7 Å². The molecular formula is C21H27N3O3S. The summed E-state index contributed by atoms with van der Waals surface area (Å²) in [4.78, 5) is 19.4. The summed E-state index contributed by atoms with van der Waals surface area (Å²) in [6.07, 6.45) is 3.00. The summed E-state index contributed by atoms with van der Waals surface area (Å²) < 4.78 is 11.5. The second kappa shape index (κ2) is 8.59. The maximum Gasteiger partial charge on any atom is 0.257 e. The second-order valence-corrected chi connectivity index (χ2v) is 8.69. The summed E-state index contributed by atoms with van der Waals surface area (Å²) in [7, 11) is 0. The Labute approximate surface area is 169 Å². The van der Waals surface area contributed by atoms with Gasteiger partial charge < -0.3 is 9.47 Å². The van der Waals surface area contributed by atoms with Crippen LogP contribution in [0.25, 0.3) is 0 Å². The fourth-order valence-corrected chi connectivity index (χ4v) is 4.15. The fourth-order valence-electron chi connectivity index (χ4n) is 3.45. The van der Waals surface area contributed by atoms with Crippen LogP contribution >= 0.6 is 11.3 Å². The van der Waals surface area contributed by atoms with Gasteiger partial charge in [0, 0.05) is 30.6 Å². The molecule has 2 aliphatic rings. The number of thiazole rings is 1. The Morgan fingerprint density at radius 3 is 2.64 bits per heavy atom. The molecule has 2 atom stereocenters. The first-order valence-electron chi connectivity index (χ1n) is 9.91. The van der Waals surface area contributed by atoms with Crippen LogP contribution in [0.1, 0.15) is 42.7 Å². The second-order valence-electron chi connectivity index (χ2n) is 7.83. The Kier molecular flexibility index (Phi) is 5.94. The van der Waals surface area contributed by atoms with Crippen molar-refractivity contribution < 1.29 is 14.3 Å². The minimum absolute atomic E-state index is 0.150. The molecule has 1 aromatic carbocycles. The predicted octanol–water partition coefficient (Wildman–Crippen LogP) is 3.79. The number of anilines is 1. The van der Waals surface area contributed by atoms with Crippen molar-refractivity contribution in [2.45, 2.75) is 45.4 Å². The number of amides is 1. The maximum absolute atomic E-state index is 12.5. The lowest BCUT2D eigenvalue weighted by atomic mass is 10.2. The molecular weight excluding hydrogens is 374 g/mol. The van der Waals surface area contributed by atoms with Crippen molar-refractivity contribution in [3.8, 4) is 5.75 Å². The van der Waals surface area contributed by atoms with Gasteiger partial charge in [-0.15, -0.1) is 11.3 Å². The molecule has 2 unspecified atom stereocenters. The molecule has 6 nitrogen and oxygen atoms in total. The van der Waals surface area contributed by atoms with Crippen LogP contribution in [0.2, 0.25) is 0 Å². The molecule has 1 amide bonds. The SMILES string of the molecule is CC1CN(Cc2csc(NC(=O)c3ccc(OCC4CC4)cc3)n2)CC(C)O1. The molecule has 1 aliphatic heterocycles. The highest BCUT2D eigenvalue weighted by Crippen LogP contribution is 2.29. The highest BCUT2D eigenvalue weighted by Gasteiger charge is 2.23. The summed E-state index contributed by atoms with van der Waals surface area (Å²) in [6.45, 7) is 7.54. The topological polar surface area (TPSA) is 63.7 Å². The van der Waals surface area contributed by atoms with Crippen molar-refractivity contribution in [3.63, 3.8) is 0 Å². The van der Waals surface area contributed by atoms with Crippen LogP contribution in [0.4, 0.5) is 5.13 Å². The molecule has 1 N–H and O–H groups in total.